The van der Waals surface area contributed by atoms with E-state index in [0.717, 1.165) is 24.5 Å². The second-order valence-electron chi connectivity index (χ2n) is 13.3. The number of anilines is 10. The van der Waals surface area contributed by atoms with Crippen LogP contribution >= 0.6 is 0 Å². The number of amides is 2. The molecule has 20 heteroatoms. The molecule has 0 bridgehead atoms. The minimum atomic E-state index is -3.01. The number of nitrogens with zero attached hydrogens (tertiary/aromatic N) is 4. The van der Waals surface area contributed by atoms with Crippen LogP contribution in [0.1, 0.15) is 6.42 Å². The summed E-state index contributed by atoms with van der Waals surface area (Å²) in [5.74, 6) is -0.514. The first-order valence-electron chi connectivity index (χ1n) is 19.2. The van der Waals surface area contributed by atoms with Crippen molar-refractivity contribution in [2.75, 3.05) is 63.7 Å². The first-order chi connectivity index (χ1) is 30.8. The Morgan fingerprint density at radius 3 is 1.61 bits per heavy atom. The molecule has 6 aromatic rings. The summed E-state index contributed by atoms with van der Waals surface area (Å²) in [6.45, 7) is 7.18. The highest BCUT2D eigenvalue weighted by Crippen LogP contribution is 2.26. The van der Waals surface area contributed by atoms with Crippen molar-refractivity contribution < 1.29 is 41.4 Å². The molecule has 6 rings (SSSR count). The van der Waals surface area contributed by atoms with E-state index in [4.69, 9.17) is 14.6 Å². The minimum absolute atomic E-state index is 0.0348. The van der Waals surface area contributed by atoms with Crippen LogP contribution in [0.25, 0.3) is 0 Å². The van der Waals surface area contributed by atoms with Crippen molar-refractivity contribution in [2.45, 2.75) is 6.42 Å². The van der Waals surface area contributed by atoms with E-state index in [1.807, 2.05) is 0 Å². The summed E-state index contributed by atoms with van der Waals surface area (Å²) in [4.78, 5) is 39.2. The third-order valence-corrected chi connectivity index (χ3v) is 9.16. The lowest BCUT2D eigenvalue weighted by molar-refractivity contribution is -0.112. The zero-order chi connectivity index (χ0) is 45.9. The summed E-state index contributed by atoms with van der Waals surface area (Å²) >= 11 is 0. The summed E-state index contributed by atoms with van der Waals surface area (Å²) in [7, 11) is -3.01. The van der Waals surface area contributed by atoms with Crippen LogP contribution in [0.3, 0.4) is 0 Å². The molecule has 64 heavy (non-hydrogen) atoms. The van der Waals surface area contributed by atoms with Crippen molar-refractivity contribution >= 4 is 79.3 Å². The fraction of sp³-hybridized carbons (Fsp3) is 0.136. The fourth-order valence-corrected chi connectivity index (χ4v) is 5.91. The van der Waals surface area contributed by atoms with Crippen LogP contribution in [-0.2, 0) is 19.4 Å². The Kier molecular flexibility index (Phi) is 17.1. The molecule has 0 fully saturated rings. The van der Waals surface area contributed by atoms with Crippen LogP contribution in [-0.4, -0.2) is 77.1 Å². The number of aliphatic hydroxyl groups excluding tert-OH is 1. The number of ether oxygens (including phenoxy) is 2. The summed E-state index contributed by atoms with van der Waals surface area (Å²) < 4.78 is 61.7. The van der Waals surface area contributed by atoms with Gasteiger partial charge in [0.1, 0.15) is 27.9 Å². The second kappa shape index (κ2) is 23.3. The SMILES string of the molecule is C=CC(=O)Nc1cccc(Nc2nc(Nc3ccc(OCCCS(C)(=O)=O)cc3)ncc2F)c1.C=CC(=O)Nc1cccc(Nc2nc(Nc3cccc(OCCO)c3)ncc2F)c1. The molecule has 332 valence electrons. The molecule has 0 saturated carbocycles. The highest BCUT2D eigenvalue weighted by Gasteiger charge is 2.11. The monoisotopic (exact) mass is 894 g/mol. The van der Waals surface area contributed by atoms with Gasteiger partial charge in [-0.1, -0.05) is 31.4 Å². The van der Waals surface area contributed by atoms with E-state index in [-0.39, 0.29) is 60.9 Å². The number of carbonyl (C=O) groups excluding carboxylic acids is 2. The Hall–Kier alpha value is -7.97. The lowest BCUT2D eigenvalue weighted by Gasteiger charge is -2.11. The van der Waals surface area contributed by atoms with Gasteiger partial charge >= 0.3 is 0 Å². The Balaban J connectivity index is 0.000000243. The normalized spacial score (nSPS) is 10.6. The highest BCUT2D eigenvalue weighted by molar-refractivity contribution is 7.90. The minimum Gasteiger partial charge on any atom is -0.494 e. The largest absolute Gasteiger partial charge is 0.494 e. The van der Waals surface area contributed by atoms with Gasteiger partial charge in [-0.05, 0) is 91.4 Å². The molecule has 0 aliphatic rings. The lowest BCUT2D eigenvalue weighted by Crippen LogP contribution is -2.08. The maximum atomic E-state index is 14.3. The van der Waals surface area contributed by atoms with Crippen molar-refractivity contribution in [3.05, 3.63) is 146 Å². The van der Waals surface area contributed by atoms with E-state index in [1.54, 1.807) is 97.1 Å². The molecule has 2 heterocycles. The molecular formula is C44H44F2N10O7S. The predicted octanol–water partition coefficient (Wildman–Crippen LogP) is 7.64. The predicted molar refractivity (Wildman–Crippen MR) is 243 cm³/mol. The molecule has 0 aliphatic heterocycles. The Bertz CT molecular complexity index is 2680. The van der Waals surface area contributed by atoms with Crippen LogP contribution < -0.4 is 41.4 Å². The first-order valence-corrected chi connectivity index (χ1v) is 21.3. The number of halogens is 2. The van der Waals surface area contributed by atoms with Crippen molar-refractivity contribution in [3.8, 4) is 11.5 Å². The zero-order valence-electron chi connectivity index (χ0n) is 34.3. The number of aromatic nitrogens is 4. The summed E-state index contributed by atoms with van der Waals surface area (Å²) in [5, 5.41) is 25.8. The van der Waals surface area contributed by atoms with Crippen LogP contribution in [0.15, 0.2) is 135 Å². The van der Waals surface area contributed by atoms with E-state index >= 15 is 0 Å². The topological polar surface area (TPSA) is 231 Å². The average Bonchev–Trinajstić information content (AvgIpc) is 3.27. The van der Waals surface area contributed by atoms with Gasteiger partial charge in [0.2, 0.25) is 23.7 Å². The van der Waals surface area contributed by atoms with Crippen LogP contribution in [0, 0.1) is 11.6 Å². The Labute approximate surface area is 367 Å². The number of hydrogen-bond donors (Lipinski definition) is 7. The average molecular weight is 895 g/mol. The number of aliphatic hydroxyl groups is 1. The van der Waals surface area contributed by atoms with E-state index < -0.39 is 21.5 Å². The molecule has 0 aliphatic carbocycles. The van der Waals surface area contributed by atoms with E-state index in [9.17, 15) is 26.8 Å². The van der Waals surface area contributed by atoms with Gasteiger partial charge in [0.15, 0.2) is 23.3 Å². The number of carbonyl (C=O) groups is 2. The summed E-state index contributed by atoms with van der Waals surface area (Å²) in [6, 6.07) is 27.4. The third kappa shape index (κ3) is 15.8. The quantitative estimate of drug-likeness (QED) is 0.0288. The maximum Gasteiger partial charge on any atom is 0.247 e. The van der Waals surface area contributed by atoms with Gasteiger partial charge in [-0.3, -0.25) is 9.59 Å². The smallest absolute Gasteiger partial charge is 0.247 e. The number of hydrogen-bond acceptors (Lipinski definition) is 15. The fourth-order valence-electron chi connectivity index (χ4n) is 5.27. The van der Waals surface area contributed by atoms with Crippen LogP contribution in [0.5, 0.6) is 11.5 Å². The number of sulfone groups is 1. The molecule has 4 aromatic carbocycles. The third-order valence-electron chi connectivity index (χ3n) is 8.13. The summed E-state index contributed by atoms with van der Waals surface area (Å²) in [6.07, 6.45) is 5.99. The molecule has 0 atom stereocenters. The van der Waals surface area contributed by atoms with Crippen molar-refractivity contribution in [2.24, 2.45) is 0 Å². The molecule has 0 radical (unpaired) electrons. The molecule has 0 unspecified atom stereocenters. The molecule has 7 N–H and O–H groups in total. The van der Waals surface area contributed by atoms with Gasteiger partial charge < -0.3 is 46.5 Å². The zero-order valence-corrected chi connectivity index (χ0v) is 35.2. The highest BCUT2D eigenvalue weighted by atomic mass is 32.2. The van der Waals surface area contributed by atoms with Crippen molar-refractivity contribution in [1.82, 2.24) is 19.9 Å². The first kappa shape index (κ1) is 47.1. The van der Waals surface area contributed by atoms with Gasteiger partial charge in [-0.2, -0.15) is 9.97 Å². The van der Waals surface area contributed by atoms with Crippen molar-refractivity contribution in [1.29, 1.82) is 0 Å². The van der Waals surface area contributed by atoms with Crippen LogP contribution in [0.2, 0.25) is 0 Å². The summed E-state index contributed by atoms with van der Waals surface area (Å²) in [5.41, 5.74) is 3.37. The van der Waals surface area contributed by atoms with Gasteiger partial charge in [0.25, 0.3) is 0 Å². The number of benzene rings is 4. The van der Waals surface area contributed by atoms with E-state index in [2.05, 4.69) is 65.0 Å². The Morgan fingerprint density at radius 2 is 1.11 bits per heavy atom. The van der Waals surface area contributed by atoms with E-state index in [0.29, 0.717) is 52.0 Å². The molecular weight excluding hydrogens is 851 g/mol. The Morgan fingerprint density at radius 1 is 0.641 bits per heavy atom. The maximum absolute atomic E-state index is 14.3. The van der Waals surface area contributed by atoms with Gasteiger partial charge in [-0.15, -0.1) is 0 Å². The van der Waals surface area contributed by atoms with E-state index in [1.165, 1.54) is 6.26 Å². The standard InChI is InChI=1S/C23H24FN5O4S.C21H20FN5O3/c1-3-21(30)26-17-6-4-7-18(14-17)27-22-20(24)15-25-23(29-22)28-16-8-10-19(11-9-16)33-12-5-13-34(2,31)32;1-2-19(29)24-14-5-3-6-15(11-14)25-20-18(22)13-23-21(27-20)26-16-7-4-8-17(12-16)30-10-9-28/h3-4,6-11,14-15H,1,5,12-13H2,2H3,(H,26,30)(H2,25,27,28,29);2-8,11-13,28H,1,9-10H2,(H,24,29)(H2,23,25,26,27). The second-order valence-corrected chi connectivity index (χ2v) is 15.5. The van der Waals surface area contributed by atoms with Crippen molar-refractivity contribution in [3.63, 3.8) is 0 Å². The van der Waals surface area contributed by atoms with Crippen LogP contribution in [0.4, 0.5) is 66.4 Å². The molecule has 0 spiro atoms. The lowest BCUT2D eigenvalue weighted by atomic mass is 10.2. The molecule has 0 saturated heterocycles. The number of nitrogens with one attached hydrogen (secondary N) is 6. The van der Waals surface area contributed by atoms with Gasteiger partial charge in [0.05, 0.1) is 31.4 Å². The van der Waals surface area contributed by atoms with Gasteiger partial charge in [0, 0.05) is 46.4 Å². The van der Waals surface area contributed by atoms with Gasteiger partial charge in [-0.25, -0.2) is 27.2 Å². The number of rotatable bonds is 20. The molecule has 17 nitrogen and oxygen atoms in total. The molecule has 2 amide bonds. The molecule has 2 aromatic heterocycles.